The van der Waals surface area contributed by atoms with E-state index in [1.807, 2.05) is 0 Å². The van der Waals surface area contributed by atoms with Gasteiger partial charge < -0.3 is 0 Å². The van der Waals surface area contributed by atoms with Gasteiger partial charge in [-0.25, -0.2) is 14.4 Å². The van der Waals surface area contributed by atoms with Crippen LogP contribution in [0.4, 0.5) is 0 Å². The molecule has 0 bridgehead atoms. The lowest BCUT2D eigenvalue weighted by Crippen LogP contribution is -2.43. The summed E-state index contributed by atoms with van der Waals surface area (Å²) in [4.78, 5) is 0. The van der Waals surface area contributed by atoms with Crippen LogP contribution in [0.15, 0.2) is 42.5 Å². The molecule has 1 aliphatic carbocycles. The van der Waals surface area contributed by atoms with Gasteiger partial charge in [0.15, 0.2) is 0 Å². The molecule has 5 heteroatoms. The first-order chi connectivity index (χ1) is 13.8. The van der Waals surface area contributed by atoms with Crippen LogP contribution in [0.2, 0.25) is 0 Å². The second kappa shape index (κ2) is 8.15. The molecule has 3 atom stereocenters. The number of benzene rings is 2. The first kappa shape index (κ1) is 21.1. The predicted octanol–water partition coefficient (Wildman–Crippen LogP) is 6.34. The number of fused-ring (bicyclic) bond motifs is 2. The van der Waals surface area contributed by atoms with Crippen molar-refractivity contribution in [2.75, 3.05) is 0 Å². The van der Waals surface area contributed by atoms with Crippen molar-refractivity contribution < 1.29 is 4.57 Å². The smallest absolute Gasteiger partial charge is 0.270 e. The summed E-state index contributed by atoms with van der Waals surface area (Å²) in [5.41, 5.74) is 1.20. The van der Waals surface area contributed by atoms with E-state index in [2.05, 4.69) is 91.5 Å². The zero-order valence-corrected chi connectivity index (χ0v) is 19.4. The van der Waals surface area contributed by atoms with Crippen LogP contribution in [0.5, 0.6) is 0 Å². The lowest BCUT2D eigenvalue weighted by Gasteiger charge is -2.38. The van der Waals surface area contributed by atoms with Crippen molar-refractivity contribution in [3.63, 3.8) is 0 Å². The van der Waals surface area contributed by atoms with E-state index < -0.39 is 7.59 Å². The molecule has 1 saturated heterocycles. The minimum absolute atomic E-state index is 0.0214. The molecule has 2 aromatic carbocycles. The van der Waals surface area contributed by atoms with Crippen LogP contribution in [0, 0.1) is 0 Å². The Hall–Kier alpha value is -1.19. The van der Waals surface area contributed by atoms with E-state index in [0.29, 0.717) is 12.1 Å². The molecule has 2 aliphatic rings. The Kier molecular flexibility index (Phi) is 5.92. The Balaban J connectivity index is 1.69. The average Bonchev–Trinajstić information content (AvgIpc) is 2.95. The average molecular weight is 414 g/mol. The summed E-state index contributed by atoms with van der Waals surface area (Å²) >= 11 is 0. The molecule has 0 unspecified atom stereocenters. The van der Waals surface area contributed by atoms with E-state index >= 15 is 0 Å². The largest absolute Gasteiger partial charge is 0.285 e. The fourth-order valence-electron chi connectivity index (χ4n) is 5.56. The molecule has 1 heterocycles. The lowest BCUT2D eigenvalue weighted by atomic mass is 9.89. The maximum atomic E-state index is 14.7. The molecule has 0 radical (unpaired) electrons. The van der Waals surface area contributed by atoms with Crippen LogP contribution in [0.3, 0.4) is 0 Å². The van der Waals surface area contributed by atoms with Crippen molar-refractivity contribution in [2.45, 2.75) is 90.5 Å². The molecule has 4 rings (SSSR count). The summed E-state index contributed by atoms with van der Waals surface area (Å²) in [6.07, 6.45) is 4.80. The number of hydrogen-bond donors (Lipinski definition) is 1. The number of nitrogens with zero attached hydrogens (tertiary/aromatic N) is 2. The van der Waals surface area contributed by atoms with Crippen LogP contribution < -0.4 is 5.09 Å². The fourth-order valence-corrected chi connectivity index (χ4v) is 9.31. The molecule has 1 saturated carbocycles. The van der Waals surface area contributed by atoms with Crippen molar-refractivity contribution in [3.8, 4) is 0 Å². The van der Waals surface area contributed by atoms with E-state index in [1.165, 1.54) is 29.2 Å². The fraction of sp³-hybridized carbons (Fsp3) is 0.583. The topological polar surface area (TPSA) is 35.6 Å². The molecule has 4 nitrogen and oxygen atoms in total. The normalized spacial score (nSPS) is 26.3. The zero-order chi connectivity index (χ0) is 20.8. The van der Waals surface area contributed by atoms with Gasteiger partial charge in [-0.3, -0.25) is 4.57 Å². The van der Waals surface area contributed by atoms with Crippen molar-refractivity contribution in [2.24, 2.45) is 0 Å². The summed E-state index contributed by atoms with van der Waals surface area (Å²) in [5, 5.41) is 6.14. The van der Waals surface area contributed by atoms with Gasteiger partial charge in [-0.2, -0.15) is 0 Å². The van der Waals surface area contributed by atoms with Crippen LogP contribution in [-0.4, -0.2) is 33.5 Å². The molecular weight excluding hydrogens is 377 g/mol. The molecule has 2 fully saturated rings. The lowest BCUT2D eigenvalue weighted by molar-refractivity contribution is 0.173. The van der Waals surface area contributed by atoms with Crippen molar-refractivity contribution >= 4 is 18.4 Å². The summed E-state index contributed by atoms with van der Waals surface area (Å²) < 4.78 is 19.4. The summed E-state index contributed by atoms with van der Waals surface area (Å²) in [5.74, 6) is 0. The Bertz CT molecular complexity index is 884. The van der Waals surface area contributed by atoms with Crippen LogP contribution in [0.1, 0.15) is 71.9 Å². The molecular formula is C24H36N3OP. The number of nitrogens with one attached hydrogen (secondary N) is 1. The van der Waals surface area contributed by atoms with E-state index in [0.717, 1.165) is 12.8 Å². The second-order valence-corrected chi connectivity index (χ2v) is 11.6. The quantitative estimate of drug-likeness (QED) is 0.580. The minimum atomic E-state index is -2.87. The summed E-state index contributed by atoms with van der Waals surface area (Å²) in [6.45, 7) is 11.0. The third-order valence-electron chi connectivity index (χ3n) is 6.69. The summed E-state index contributed by atoms with van der Waals surface area (Å²) in [6, 6.07) is 16.4. The van der Waals surface area contributed by atoms with E-state index in [9.17, 15) is 4.57 Å². The zero-order valence-electron chi connectivity index (χ0n) is 18.5. The Labute approximate surface area is 176 Å². The van der Waals surface area contributed by atoms with Gasteiger partial charge >= 0.3 is 0 Å². The predicted molar refractivity (Wildman–Crippen MR) is 123 cm³/mol. The Morgan fingerprint density at radius 1 is 0.862 bits per heavy atom. The monoisotopic (exact) mass is 413 g/mol. The molecule has 1 aliphatic heterocycles. The standard InChI is InChI=1S/C24H36N3OP/c1-17(2)26-23-12-8-9-13-24(23)27(18(3)4)29(26,28)25-19(5)21-15-14-20-10-6-7-11-22(20)16-21/h6-7,10-11,14-19,23-24H,8-9,12-13H2,1-5H3,(H,25,28)/t19-,23-,24-/m1/s1. The summed E-state index contributed by atoms with van der Waals surface area (Å²) in [7, 11) is -2.87. The maximum Gasteiger partial charge on any atom is 0.285 e. The van der Waals surface area contributed by atoms with Gasteiger partial charge in [0.2, 0.25) is 0 Å². The molecule has 0 amide bonds. The van der Waals surface area contributed by atoms with Gasteiger partial charge in [0.1, 0.15) is 0 Å². The van der Waals surface area contributed by atoms with Crippen molar-refractivity contribution in [3.05, 3.63) is 48.0 Å². The van der Waals surface area contributed by atoms with Gasteiger partial charge in [0, 0.05) is 30.2 Å². The molecule has 29 heavy (non-hydrogen) atoms. The van der Waals surface area contributed by atoms with Crippen LogP contribution in [0.25, 0.3) is 10.8 Å². The first-order valence-corrected chi connectivity index (χ1v) is 12.9. The minimum Gasteiger partial charge on any atom is -0.270 e. The van der Waals surface area contributed by atoms with E-state index in [1.54, 1.807) is 0 Å². The van der Waals surface area contributed by atoms with E-state index in [4.69, 9.17) is 0 Å². The van der Waals surface area contributed by atoms with Gasteiger partial charge in [-0.05, 0) is 69.9 Å². The third-order valence-corrected chi connectivity index (χ3v) is 10.2. The SMILES string of the molecule is CC(C)N1[C@@H]2CCCC[C@H]2N(C(C)C)P1(=O)N[C@H](C)c1ccc2ccccc2c1. The van der Waals surface area contributed by atoms with Gasteiger partial charge in [0.25, 0.3) is 7.59 Å². The van der Waals surface area contributed by atoms with Crippen molar-refractivity contribution in [1.29, 1.82) is 0 Å². The van der Waals surface area contributed by atoms with Crippen LogP contribution in [-0.2, 0) is 4.57 Å². The highest BCUT2D eigenvalue weighted by Crippen LogP contribution is 2.63. The first-order valence-electron chi connectivity index (χ1n) is 11.3. The number of rotatable bonds is 5. The van der Waals surface area contributed by atoms with Crippen LogP contribution >= 0.6 is 7.59 Å². The molecule has 0 aromatic heterocycles. The molecule has 158 valence electrons. The van der Waals surface area contributed by atoms with Crippen molar-refractivity contribution in [1.82, 2.24) is 14.4 Å². The van der Waals surface area contributed by atoms with E-state index in [-0.39, 0.29) is 18.1 Å². The highest BCUT2D eigenvalue weighted by molar-refractivity contribution is 7.57. The maximum absolute atomic E-state index is 14.7. The highest BCUT2D eigenvalue weighted by Gasteiger charge is 2.57. The number of hydrogen-bond acceptors (Lipinski definition) is 1. The molecule has 2 aromatic rings. The molecule has 1 N–H and O–H groups in total. The Morgan fingerprint density at radius 3 is 1.97 bits per heavy atom. The Morgan fingerprint density at radius 2 is 1.41 bits per heavy atom. The van der Waals surface area contributed by atoms with Gasteiger partial charge in [0.05, 0.1) is 0 Å². The van der Waals surface area contributed by atoms with Gasteiger partial charge in [-0.1, -0.05) is 49.2 Å². The highest BCUT2D eigenvalue weighted by atomic mass is 31.2. The molecule has 0 spiro atoms. The van der Waals surface area contributed by atoms with Gasteiger partial charge in [-0.15, -0.1) is 0 Å². The second-order valence-electron chi connectivity index (χ2n) is 9.37. The third kappa shape index (κ3) is 3.70.